The SMILES string of the molecule is NC(=S)C1CCCN1Cc1ccccc1. The molecule has 1 aliphatic rings. The van der Waals surface area contributed by atoms with Crippen molar-refractivity contribution in [3.63, 3.8) is 0 Å². The molecule has 1 fully saturated rings. The van der Waals surface area contributed by atoms with Crippen LogP contribution in [0.1, 0.15) is 18.4 Å². The van der Waals surface area contributed by atoms with Crippen molar-refractivity contribution < 1.29 is 0 Å². The van der Waals surface area contributed by atoms with Gasteiger partial charge in [-0.25, -0.2) is 0 Å². The Morgan fingerprint density at radius 2 is 2.13 bits per heavy atom. The van der Waals surface area contributed by atoms with Crippen molar-refractivity contribution in [2.24, 2.45) is 5.73 Å². The molecule has 0 saturated carbocycles. The van der Waals surface area contributed by atoms with E-state index in [2.05, 4.69) is 29.2 Å². The minimum atomic E-state index is 0.306. The fourth-order valence-corrected chi connectivity index (χ4v) is 2.42. The van der Waals surface area contributed by atoms with E-state index in [4.69, 9.17) is 18.0 Å². The molecule has 0 spiro atoms. The zero-order chi connectivity index (χ0) is 10.7. The Hall–Kier alpha value is -0.930. The number of benzene rings is 1. The van der Waals surface area contributed by atoms with E-state index in [0.29, 0.717) is 11.0 Å². The van der Waals surface area contributed by atoms with Gasteiger partial charge in [0, 0.05) is 6.54 Å². The van der Waals surface area contributed by atoms with Gasteiger partial charge in [0.1, 0.15) is 0 Å². The summed E-state index contributed by atoms with van der Waals surface area (Å²) in [6.07, 6.45) is 2.32. The Labute approximate surface area is 96.1 Å². The van der Waals surface area contributed by atoms with Crippen LogP contribution in [0.4, 0.5) is 0 Å². The highest BCUT2D eigenvalue weighted by Gasteiger charge is 2.26. The molecule has 1 aromatic carbocycles. The highest BCUT2D eigenvalue weighted by Crippen LogP contribution is 2.20. The lowest BCUT2D eigenvalue weighted by Crippen LogP contribution is -2.38. The van der Waals surface area contributed by atoms with Crippen LogP contribution in [0.15, 0.2) is 30.3 Å². The van der Waals surface area contributed by atoms with Crippen molar-refractivity contribution >= 4 is 17.2 Å². The van der Waals surface area contributed by atoms with Gasteiger partial charge in [0.15, 0.2) is 0 Å². The van der Waals surface area contributed by atoms with Crippen molar-refractivity contribution in [2.45, 2.75) is 25.4 Å². The molecular formula is C12H16N2S. The van der Waals surface area contributed by atoms with E-state index in [1.807, 2.05) is 6.07 Å². The zero-order valence-electron chi connectivity index (χ0n) is 8.73. The van der Waals surface area contributed by atoms with E-state index < -0.39 is 0 Å². The summed E-state index contributed by atoms with van der Waals surface area (Å²) < 4.78 is 0. The van der Waals surface area contributed by atoms with Gasteiger partial charge >= 0.3 is 0 Å². The third-order valence-electron chi connectivity index (χ3n) is 2.92. The lowest BCUT2D eigenvalue weighted by molar-refractivity contribution is 0.295. The summed E-state index contributed by atoms with van der Waals surface area (Å²) in [7, 11) is 0. The van der Waals surface area contributed by atoms with Crippen LogP contribution in [0.25, 0.3) is 0 Å². The maximum atomic E-state index is 5.73. The summed E-state index contributed by atoms with van der Waals surface area (Å²) in [5.74, 6) is 0. The van der Waals surface area contributed by atoms with Crippen molar-refractivity contribution in [1.82, 2.24) is 4.90 Å². The van der Waals surface area contributed by atoms with E-state index in [0.717, 1.165) is 19.5 Å². The molecular weight excluding hydrogens is 204 g/mol. The van der Waals surface area contributed by atoms with Crippen LogP contribution in [-0.2, 0) is 6.54 Å². The summed E-state index contributed by atoms with van der Waals surface area (Å²) in [5.41, 5.74) is 7.07. The second-order valence-electron chi connectivity index (χ2n) is 4.02. The number of hydrogen-bond donors (Lipinski definition) is 1. The molecule has 0 aromatic heterocycles. The topological polar surface area (TPSA) is 29.3 Å². The van der Waals surface area contributed by atoms with E-state index in [1.54, 1.807) is 0 Å². The monoisotopic (exact) mass is 220 g/mol. The standard InChI is InChI=1S/C12H16N2S/c13-12(15)11-7-4-8-14(11)9-10-5-2-1-3-6-10/h1-3,5-6,11H,4,7-9H2,(H2,13,15). The molecule has 2 rings (SSSR count). The van der Waals surface area contributed by atoms with Gasteiger partial charge in [-0.3, -0.25) is 4.90 Å². The number of thiocarbonyl (C=S) groups is 1. The van der Waals surface area contributed by atoms with E-state index in [9.17, 15) is 0 Å². The Morgan fingerprint density at radius 1 is 1.40 bits per heavy atom. The van der Waals surface area contributed by atoms with Gasteiger partial charge in [-0.05, 0) is 24.9 Å². The van der Waals surface area contributed by atoms with Crippen LogP contribution in [0.5, 0.6) is 0 Å². The summed E-state index contributed by atoms with van der Waals surface area (Å²) >= 11 is 5.08. The fourth-order valence-electron chi connectivity index (χ4n) is 2.16. The molecule has 3 heteroatoms. The average molecular weight is 220 g/mol. The maximum absolute atomic E-state index is 5.73. The Bertz CT molecular complexity index is 337. The second kappa shape index (κ2) is 4.73. The van der Waals surface area contributed by atoms with Gasteiger partial charge in [0.05, 0.1) is 11.0 Å². The van der Waals surface area contributed by atoms with Crippen LogP contribution in [0, 0.1) is 0 Å². The summed E-state index contributed by atoms with van der Waals surface area (Å²) in [5, 5.41) is 0. The second-order valence-corrected chi connectivity index (χ2v) is 4.49. The number of nitrogens with zero attached hydrogens (tertiary/aromatic N) is 1. The van der Waals surface area contributed by atoms with Crippen LogP contribution in [-0.4, -0.2) is 22.5 Å². The van der Waals surface area contributed by atoms with Crippen molar-refractivity contribution in [3.8, 4) is 0 Å². The maximum Gasteiger partial charge on any atom is 0.0902 e. The highest BCUT2D eigenvalue weighted by atomic mass is 32.1. The molecule has 1 aliphatic heterocycles. The normalized spacial score (nSPS) is 21.7. The molecule has 1 heterocycles. The largest absolute Gasteiger partial charge is 0.392 e. The molecule has 0 amide bonds. The molecule has 1 saturated heterocycles. The smallest absolute Gasteiger partial charge is 0.0902 e. The van der Waals surface area contributed by atoms with Gasteiger partial charge < -0.3 is 5.73 Å². The number of nitrogens with two attached hydrogens (primary N) is 1. The molecule has 0 aliphatic carbocycles. The minimum absolute atomic E-state index is 0.306. The predicted octanol–water partition coefficient (Wildman–Crippen LogP) is 1.94. The lowest BCUT2D eigenvalue weighted by Gasteiger charge is -2.23. The molecule has 15 heavy (non-hydrogen) atoms. The van der Waals surface area contributed by atoms with Gasteiger partial charge in [-0.1, -0.05) is 42.5 Å². The molecule has 0 radical (unpaired) electrons. The Balaban J connectivity index is 2.03. The third-order valence-corrected chi connectivity index (χ3v) is 3.19. The first-order chi connectivity index (χ1) is 7.27. The number of rotatable bonds is 3. The van der Waals surface area contributed by atoms with Gasteiger partial charge in [-0.15, -0.1) is 0 Å². The minimum Gasteiger partial charge on any atom is -0.392 e. The Kier molecular flexibility index (Phi) is 3.34. The summed E-state index contributed by atoms with van der Waals surface area (Å²) in [6, 6.07) is 10.8. The molecule has 2 nitrogen and oxygen atoms in total. The fraction of sp³-hybridized carbons (Fsp3) is 0.417. The van der Waals surface area contributed by atoms with E-state index >= 15 is 0 Å². The van der Waals surface area contributed by atoms with E-state index in [-0.39, 0.29) is 0 Å². The molecule has 1 atom stereocenters. The molecule has 2 N–H and O–H groups in total. The van der Waals surface area contributed by atoms with E-state index in [1.165, 1.54) is 12.0 Å². The first-order valence-electron chi connectivity index (χ1n) is 5.34. The van der Waals surface area contributed by atoms with Gasteiger partial charge in [0.25, 0.3) is 0 Å². The first kappa shape index (κ1) is 10.6. The molecule has 1 unspecified atom stereocenters. The van der Waals surface area contributed by atoms with Crippen LogP contribution in [0.2, 0.25) is 0 Å². The zero-order valence-corrected chi connectivity index (χ0v) is 9.54. The van der Waals surface area contributed by atoms with Crippen LogP contribution < -0.4 is 5.73 Å². The van der Waals surface area contributed by atoms with Crippen molar-refractivity contribution in [3.05, 3.63) is 35.9 Å². The van der Waals surface area contributed by atoms with Crippen molar-refractivity contribution in [2.75, 3.05) is 6.54 Å². The van der Waals surface area contributed by atoms with Gasteiger partial charge in [0.2, 0.25) is 0 Å². The summed E-state index contributed by atoms with van der Waals surface area (Å²) in [6.45, 7) is 2.07. The average Bonchev–Trinajstić information content (AvgIpc) is 2.67. The number of hydrogen-bond acceptors (Lipinski definition) is 2. The van der Waals surface area contributed by atoms with Crippen molar-refractivity contribution in [1.29, 1.82) is 0 Å². The lowest BCUT2D eigenvalue weighted by atomic mass is 10.2. The molecule has 0 bridgehead atoms. The van der Waals surface area contributed by atoms with Crippen LogP contribution >= 0.6 is 12.2 Å². The highest BCUT2D eigenvalue weighted by molar-refractivity contribution is 7.80. The quantitative estimate of drug-likeness (QED) is 0.789. The predicted molar refractivity (Wildman–Crippen MR) is 66.7 cm³/mol. The van der Waals surface area contributed by atoms with Gasteiger partial charge in [-0.2, -0.15) is 0 Å². The Morgan fingerprint density at radius 3 is 2.80 bits per heavy atom. The molecule has 80 valence electrons. The number of likely N-dealkylation sites (tertiary alicyclic amines) is 1. The van der Waals surface area contributed by atoms with Crippen LogP contribution in [0.3, 0.4) is 0 Å². The third kappa shape index (κ3) is 2.55. The summed E-state index contributed by atoms with van der Waals surface area (Å²) in [4.78, 5) is 3.01. The first-order valence-corrected chi connectivity index (χ1v) is 5.75. The molecule has 1 aromatic rings.